The van der Waals surface area contributed by atoms with E-state index in [4.69, 9.17) is 13.0 Å². The Kier molecular flexibility index (Phi) is 11.6. The zero-order valence-corrected chi connectivity index (χ0v) is 7.33. The third-order valence-corrected chi connectivity index (χ3v) is 0.607. The number of benzene rings is 1. The molecule has 0 heterocycles. The van der Waals surface area contributed by atoms with Gasteiger partial charge < -0.3 is 13.0 Å². The van der Waals surface area contributed by atoms with E-state index in [0.29, 0.717) is 0 Å². The van der Waals surface area contributed by atoms with Gasteiger partial charge in [-0.25, -0.2) is 0 Å². The van der Waals surface area contributed by atoms with Crippen LogP contribution in [0.15, 0.2) is 30.3 Å². The third-order valence-electron chi connectivity index (χ3n) is 0.607. The SMILES string of the molecule is O=[S-](=O)O.[Fe+2].[c-]1ccccc1. The number of hydrogen-bond acceptors (Lipinski definition) is 3. The van der Waals surface area contributed by atoms with Crippen LogP contribution in [0.25, 0.3) is 0 Å². The maximum atomic E-state index is 8.56. The largest absolute Gasteiger partial charge is 2.00 e. The first-order chi connectivity index (χ1) is 4.73. The molecule has 0 aliphatic carbocycles. The van der Waals surface area contributed by atoms with E-state index in [1.807, 2.05) is 30.3 Å². The quantitative estimate of drug-likeness (QED) is 0.232. The molecule has 1 rings (SSSR count). The fraction of sp³-hybridized carbons (Fsp3) is 0. The minimum Gasteiger partial charge on any atom is -0.439 e. The van der Waals surface area contributed by atoms with Crippen LogP contribution in [0.3, 0.4) is 0 Å². The van der Waals surface area contributed by atoms with Crippen molar-refractivity contribution >= 4 is 11.0 Å². The van der Waals surface area contributed by atoms with Gasteiger partial charge >= 0.3 is 17.1 Å². The predicted octanol–water partition coefficient (Wildman–Crippen LogP) is 1.25. The second-order valence-electron chi connectivity index (χ2n) is 1.29. The van der Waals surface area contributed by atoms with Crippen molar-refractivity contribution < 1.29 is 30.0 Å². The number of rotatable bonds is 0. The Morgan fingerprint density at radius 3 is 1.55 bits per heavy atom. The molecule has 0 aliphatic heterocycles. The molecule has 0 aliphatic rings. The summed E-state index contributed by atoms with van der Waals surface area (Å²) in [5.41, 5.74) is 0. The summed E-state index contributed by atoms with van der Waals surface area (Å²) in [6.07, 6.45) is 0. The van der Waals surface area contributed by atoms with Crippen molar-refractivity contribution in [3.05, 3.63) is 36.4 Å². The van der Waals surface area contributed by atoms with Gasteiger partial charge in [-0.05, 0) is 0 Å². The van der Waals surface area contributed by atoms with Gasteiger partial charge in [-0.3, -0.25) is 0 Å². The van der Waals surface area contributed by atoms with Crippen molar-refractivity contribution in [2.75, 3.05) is 0 Å². The molecule has 0 unspecified atom stereocenters. The van der Waals surface area contributed by atoms with Gasteiger partial charge in [-0.2, -0.15) is 36.4 Å². The summed E-state index contributed by atoms with van der Waals surface area (Å²) in [6.45, 7) is 0. The molecule has 11 heavy (non-hydrogen) atoms. The van der Waals surface area contributed by atoms with E-state index in [2.05, 4.69) is 6.07 Å². The smallest absolute Gasteiger partial charge is 0.439 e. The third kappa shape index (κ3) is 17.7. The van der Waals surface area contributed by atoms with Crippen molar-refractivity contribution in [3.63, 3.8) is 0 Å². The van der Waals surface area contributed by atoms with Gasteiger partial charge in [0.25, 0.3) is 0 Å². The molecular formula is C6H6FeO3S. The molecule has 5 heteroatoms. The van der Waals surface area contributed by atoms with Crippen LogP contribution in [0, 0.1) is 6.07 Å². The van der Waals surface area contributed by atoms with Gasteiger partial charge in [-0.15, -0.1) is 0 Å². The van der Waals surface area contributed by atoms with Crippen molar-refractivity contribution in [1.82, 2.24) is 0 Å². The Hall–Kier alpha value is -0.351. The van der Waals surface area contributed by atoms with Gasteiger partial charge in [0.05, 0.1) is 0 Å². The van der Waals surface area contributed by atoms with Crippen LogP contribution >= 0.6 is 0 Å². The Morgan fingerprint density at radius 1 is 1.09 bits per heavy atom. The van der Waals surface area contributed by atoms with Crippen LogP contribution in [-0.2, 0) is 36.5 Å². The monoisotopic (exact) mass is 214 g/mol. The summed E-state index contributed by atoms with van der Waals surface area (Å²) in [5, 5.41) is 0. The first-order valence-corrected chi connectivity index (χ1v) is 3.46. The molecule has 0 aromatic heterocycles. The average Bonchev–Trinajstić information content (AvgIpc) is 1.90. The van der Waals surface area contributed by atoms with Crippen molar-refractivity contribution in [2.45, 2.75) is 0 Å². The van der Waals surface area contributed by atoms with E-state index >= 15 is 0 Å². The normalized spacial score (nSPS) is 7.45. The molecule has 0 bridgehead atoms. The molecule has 0 spiro atoms. The molecular weight excluding hydrogens is 208 g/mol. The number of hydrogen-bond donors (Lipinski definition) is 1. The molecule has 62 valence electrons. The molecule has 0 fully saturated rings. The minimum atomic E-state index is -2.86. The van der Waals surface area contributed by atoms with E-state index in [1.54, 1.807) is 0 Å². The Morgan fingerprint density at radius 2 is 1.45 bits per heavy atom. The maximum Gasteiger partial charge on any atom is 2.00 e. The van der Waals surface area contributed by atoms with Gasteiger partial charge in [0.2, 0.25) is 0 Å². The van der Waals surface area contributed by atoms with Gasteiger partial charge in [0.15, 0.2) is 0 Å². The van der Waals surface area contributed by atoms with Crippen LogP contribution in [0.2, 0.25) is 0 Å². The first-order valence-electron chi connectivity index (χ1n) is 2.43. The van der Waals surface area contributed by atoms with Gasteiger partial charge in [0.1, 0.15) is 0 Å². The Labute approximate surface area is 77.7 Å². The second kappa shape index (κ2) is 9.65. The van der Waals surface area contributed by atoms with Crippen LogP contribution in [-0.4, -0.2) is 4.55 Å². The minimum absolute atomic E-state index is 0. The maximum absolute atomic E-state index is 8.56. The summed E-state index contributed by atoms with van der Waals surface area (Å²) in [6, 6.07) is 12.5. The van der Waals surface area contributed by atoms with Crippen molar-refractivity contribution in [2.24, 2.45) is 0 Å². The van der Waals surface area contributed by atoms with E-state index in [0.717, 1.165) is 0 Å². The van der Waals surface area contributed by atoms with Crippen LogP contribution < -0.4 is 0 Å². The Bertz CT molecular complexity index is 188. The van der Waals surface area contributed by atoms with E-state index in [-0.39, 0.29) is 17.1 Å². The summed E-state index contributed by atoms with van der Waals surface area (Å²) in [4.78, 5) is 0. The van der Waals surface area contributed by atoms with Crippen LogP contribution in [0.5, 0.6) is 0 Å². The summed E-state index contributed by atoms with van der Waals surface area (Å²) < 4.78 is 24.1. The van der Waals surface area contributed by atoms with Gasteiger partial charge in [-0.1, -0.05) is 0 Å². The standard InChI is InChI=1S/C6H5.Fe.HO3S/c1-2-4-6-5-3-1;;1-4(2)3/h1-5H;;(H,1,2,3)/q-1;+2;-1. The van der Waals surface area contributed by atoms with Crippen LogP contribution in [0.4, 0.5) is 0 Å². The van der Waals surface area contributed by atoms with Crippen molar-refractivity contribution in [1.29, 1.82) is 0 Å². The van der Waals surface area contributed by atoms with E-state index in [9.17, 15) is 0 Å². The zero-order chi connectivity index (χ0) is 7.82. The van der Waals surface area contributed by atoms with E-state index in [1.165, 1.54) is 0 Å². The fourth-order valence-electron chi connectivity index (χ4n) is 0.342. The molecule has 1 aromatic carbocycles. The summed E-state index contributed by atoms with van der Waals surface area (Å²) >= 11 is 0. The van der Waals surface area contributed by atoms with Crippen LogP contribution in [0.1, 0.15) is 0 Å². The van der Waals surface area contributed by atoms with Crippen molar-refractivity contribution in [3.8, 4) is 0 Å². The molecule has 0 amide bonds. The summed E-state index contributed by atoms with van der Waals surface area (Å²) in [5.74, 6) is 0. The predicted molar refractivity (Wildman–Crippen MR) is 36.6 cm³/mol. The van der Waals surface area contributed by atoms with Gasteiger partial charge in [0, 0.05) is 11.0 Å². The zero-order valence-electron chi connectivity index (χ0n) is 5.41. The fourth-order valence-corrected chi connectivity index (χ4v) is 0.342. The molecule has 1 N–H and O–H groups in total. The molecule has 3 nitrogen and oxygen atoms in total. The summed E-state index contributed by atoms with van der Waals surface area (Å²) in [7, 11) is -2.86. The molecule has 0 atom stereocenters. The first kappa shape index (κ1) is 13.3. The molecule has 0 saturated carbocycles. The molecule has 0 radical (unpaired) electrons. The molecule has 1 aromatic rings. The topological polar surface area (TPSA) is 54.4 Å². The average molecular weight is 214 g/mol. The van der Waals surface area contributed by atoms with E-state index < -0.39 is 11.0 Å². The second-order valence-corrected chi connectivity index (χ2v) is 1.73. The molecule has 0 saturated heterocycles. The Balaban J connectivity index is 0.